The molecule has 0 fully saturated rings. The summed E-state index contributed by atoms with van der Waals surface area (Å²) in [5.41, 5.74) is 2.09. The third kappa shape index (κ3) is 4.82. The molecule has 2 aromatic carbocycles. The summed E-state index contributed by atoms with van der Waals surface area (Å²) in [6, 6.07) is 15.5. The Hall–Kier alpha value is -3.48. The highest BCUT2D eigenvalue weighted by atomic mass is 16.5. The highest BCUT2D eigenvalue weighted by molar-refractivity contribution is 5.45. The van der Waals surface area contributed by atoms with Gasteiger partial charge in [-0.1, -0.05) is 24.3 Å². The largest absolute Gasteiger partial charge is 0.496 e. The number of rotatable bonds is 9. The molecule has 2 N–H and O–H groups in total. The van der Waals surface area contributed by atoms with Gasteiger partial charge < -0.3 is 24.8 Å². The van der Waals surface area contributed by atoms with Crippen molar-refractivity contribution in [2.45, 2.75) is 13.1 Å². The molecule has 0 bridgehead atoms. The fourth-order valence-corrected chi connectivity index (χ4v) is 2.75. The lowest BCUT2D eigenvalue weighted by molar-refractivity contribution is 0.354. The van der Waals surface area contributed by atoms with E-state index in [0.717, 1.165) is 22.7 Å². The normalized spacial score (nSPS) is 10.2. The first-order valence-corrected chi connectivity index (χ1v) is 8.87. The molecule has 0 atom stereocenters. The SMILES string of the molecule is COc1ccccc1CNc1ccnc(NCc2ccc(OC)c(OC)c2)n1. The van der Waals surface area contributed by atoms with E-state index in [1.807, 2.05) is 48.5 Å². The Labute approximate surface area is 164 Å². The van der Waals surface area contributed by atoms with Crippen molar-refractivity contribution < 1.29 is 14.2 Å². The van der Waals surface area contributed by atoms with Crippen LogP contribution in [-0.2, 0) is 13.1 Å². The van der Waals surface area contributed by atoms with Gasteiger partial charge in [-0.15, -0.1) is 0 Å². The van der Waals surface area contributed by atoms with E-state index < -0.39 is 0 Å². The molecule has 0 saturated carbocycles. The van der Waals surface area contributed by atoms with Crippen LogP contribution in [-0.4, -0.2) is 31.3 Å². The summed E-state index contributed by atoms with van der Waals surface area (Å²) in [5, 5.41) is 6.53. The van der Waals surface area contributed by atoms with Crippen molar-refractivity contribution >= 4 is 11.8 Å². The minimum absolute atomic E-state index is 0.541. The van der Waals surface area contributed by atoms with Crippen LogP contribution in [0.1, 0.15) is 11.1 Å². The summed E-state index contributed by atoms with van der Waals surface area (Å²) < 4.78 is 16.0. The molecule has 0 spiro atoms. The standard InChI is InChI=1S/C21H24N4O3/c1-26-17-7-5-4-6-16(17)14-23-20-10-11-22-21(25-20)24-13-15-8-9-18(27-2)19(12-15)28-3/h4-12H,13-14H2,1-3H3,(H2,22,23,24,25). The number of hydrogen-bond acceptors (Lipinski definition) is 7. The Bertz CT molecular complexity index is 918. The zero-order valence-electron chi connectivity index (χ0n) is 16.2. The second kappa shape index (κ2) is 9.45. The summed E-state index contributed by atoms with van der Waals surface area (Å²) in [6.45, 7) is 1.17. The number of anilines is 2. The van der Waals surface area contributed by atoms with Gasteiger partial charge in [-0.25, -0.2) is 4.98 Å². The van der Waals surface area contributed by atoms with Crippen LogP contribution in [0.15, 0.2) is 54.7 Å². The molecule has 3 rings (SSSR count). The predicted octanol–water partition coefficient (Wildman–Crippen LogP) is 3.73. The average Bonchev–Trinajstić information content (AvgIpc) is 2.76. The number of ether oxygens (including phenoxy) is 3. The van der Waals surface area contributed by atoms with E-state index in [1.54, 1.807) is 27.5 Å². The van der Waals surface area contributed by atoms with Gasteiger partial charge in [0.15, 0.2) is 11.5 Å². The Morgan fingerprint density at radius 1 is 0.786 bits per heavy atom. The van der Waals surface area contributed by atoms with Gasteiger partial charge in [0.05, 0.1) is 21.3 Å². The molecule has 0 aliphatic rings. The smallest absolute Gasteiger partial charge is 0.224 e. The van der Waals surface area contributed by atoms with Crippen LogP contribution in [0.4, 0.5) is 11.8 Å². The maximum absolute atomic E-state index is 5.38. The van der Waals surface area contributed by atoms with Gasteiger partial charge >= 0.3 is 0 Å². The van der Waals surface area contributed by atoms with Gasteiger partial charge in [0.2, 0.25) is 5.95 Å². The molecule has 0 unspecified atom stereocenters. The lowest BCUT2D eigenvalue weighted by Gasteiger charge is -2.12. The maximum atomic E-state index is 5.38. The molecule has 0 saturated heterocycles. The van der Waals surface area contributed by atoms with E-state index in [-0.39, 0.29) is 0 Å². The summed E-state index contributed by atoms with van der Waals surface area (Å²) in [5.74, 6) is 3.51. The quantitative estimate of drug-likeness (QED) is 0.586. The van der Waals surface area contributed by atoms with Crippen molar-refractivity contribution in [1.82, 2.24) is 9.97 Å². The topological polar surface area (TPSA) is 77.5 Å². The molecule has 0 aliphatic carbocycles. The number of hydrogen-bond donors (Lipinski definition) is 2. The van der Waals surface area contributed by atoms with Crippen LogP contribution >= 0.6 is 0 Å². The zero-order valence-corrected chi connectivity index (χ0v) is 16.2. The zero-order chi connectivity index (χ0) is 19.8. The summed E-state index contributed by atoms with van der Waals surface area (Å²) in [6.07, 6.45) is 1.72. The van der Waals surface area contributed by atoms with Gasteiger partial charge in [0.1, 0.15) is 11.6 Å². The second-order valence-electron chi connectivity index (χ2n) is 5.97. The molecule has 1 aromatic heterocycles. The van der Waals surface area contributed by atoms with E-state index in [2.05, 4.69) is 20.6 Å². The Morgan fingerprint density at radius 3 is 2.36 bits per heavy atom. The molecule has 0 aliphatic heterocycles. The third-order valence-corrected chi connectivity index (χ3v) is 4.21. The fraction of sp³-hybridized carbons (Fsp3) is 0.238. The van der Waals surface area contributed by atoms with Crippen LogP contribution < -0.4 is 24.8 Å². The number of benzene rings is 2. The molecule has 1 heterocycles. The highest BCUT2D eigenvalue weighted by Crippen LogP contribution is 2.27. The maximum Gasteiger partial charge on any atom is 0.224 e. The number of nitrogens with one attached hydrogen (secondary N) is 2. The first-order valence-electron chi connectivity index (χ1n) is 8.87. The van der Waals surface area contributed by atoms with Crippen molar-refractivity contribution in [3.05, 3.63) is 65.9 Å². The van der Waals surface area contributed by atoms with Crippen molar-refractivity contribution in [3.63, 3.8) is 0 Å². The lowest BCUT2D eigenvalue weighted by Crippen LogP contribution is -2.07. The van der Waals surface area contributed by atoms with Gasteiger partial charge in [-0.2, -0.15) is 4.98 Å². The van der Waals surface area contributed by atoms with Crippen molar-refractivity contribution in [2.75, 3.05) is 32.0 Å². The van der Waals surface area contributed by atoms with Crippen molar-refractivity contribution in [1.29, 1.82) is 0 Å². The first kappa shape index (κ1) is 19.3. The molecule has 0 amide bonds. The molecule has 28 heavy (non-hydrogen) atoms. The van der Waals surface area contributed by atoms with E-state index in [4.69, 9.17) is 14.2 Å². The van der Waals surface area contributed by atoms with Gasteiger partial charge in [0.25, 0.3) is 0 Å². The van der Waals surface area contributed by atoms with E-state index in [1.165, 1.54) is 0 Å². The molecule has 7 heteroatoms. The van der Waals surface area contributed by atoms with Gasteiger partial charge in [-0.05, 0) is 29.8 Å². The Balaban J connectivity index is 1.62. The number of para-hydroxylation sites is 1. The number of nitrogens with zero attached hydrogens (tertiary/aromatic N) is 2. The van der Waals surface area contributed by atoms with Gasteiger partial charge in [-0.3, -0.25) is 0 Å². The van der Waals surface area contributed by atoms with Gasteiger partial charge in [0, 0.05) is 24.8 Å². The summed E-state index contributed by atoms with van der Waals surface area (Å²) in [7, 11) is 4.90. The van der Waals surface area contributed by atoms with E-state index in [9.17, 15) is 0 Å². The molecule has 146 valence electrons. The summed E-state index contributed by atoms with van der Waals surface area (Å²) in [4.78, 5) is 8.78. The first-order chi connectivity index (χ1) is 13.7. The predicted molar refractivity (Wildman–Crippen MR) is 109 cm³/mol. The lowest BCUT2D eigenvalue weighted by atomic mass is 10.2. The monoisotopic (exact) mass is 380 g/mol. The molecular formula is C21H24N4O3. The molecular weight excluding hydrogens is 356 g/mol. The molecule has 0 radical (unpaired) electrons. The van der Waals surface area contributed by atoms with Crippen LogP contribution in [0.2, 0.25) is 0 Å². The third-order valence-electron chi connectivity index (χ3n) is 4.21. The Morgan fingerprint density at radius 2 is 1.57 bits per heavy atom. The minimum atomic E-state index is 0.541. The van der Waals surface area contributed by atoms with Crippen LogP contribution in [0.3, 0.4) is 0 Å². The molecule has 7 nitrogen and oxygen atoms in total. The highest BCUT2D eigenvalue weighted by Gasteiger charge is 2.06. The van der Waals surface area contributed by atoms with E-state index >= 15 is 0 Å². The number of methoxy groups -OCH3 is 3. The van der Waals surface area contributed by atoms with Crippen molar-refractivity contribution in [3.8, 4) is 17.2 Å². The van der Waals surface area contributed by atoms with E-state index in [0.29, 0.717) is 30.5 Å². The second-order valence-corrected chi connectivity index (χ2v) is 5.97. The Kier molecular flexibility index (Phi) is 6.51. The fourth-order valence-electron chi connectivity index (χ4n) is 2.75. The summed E-state index contributed by atoms with van der Waals surface area (Å²) >= 11 is 0. The van der Waals surface area contributed by atoms with Crippen LogP contribution in [0.5, 0.6) is 17.2 Å². The minimum Gasteiger partial charge on any atom is -0.496 e. The molecule has 3 aromatic rings. The number of aromatic nitrogens is 2. The van der Waals surface area contributed by atoms with Crippen molar-refractivity contribution in [2.24, 2.45) is 0 Å². The average molecular weight is 380 g/mol. The van der Waals surface area contributed by atoms with Crippen LogP contribution in [0.25, 0.3) is 0 Å². The van der Waals surface area contributed by atoms with Crippen LogP contribution in [0, 0.1) is 0 Å².